The SMILES string of the molecule is CC(C)(C)c1ncc(-c2ccc3nc4n(c3c2)[C@@H](c2ccccc2OC(F)F)C[C@H]4F)cn1. The monoisotopic (exact) mass is 452 g/mol. The standard InChI is InChI=1S/C25H23F3N4O/c1-25(2,3)23-29-12-15(13-30-23)14-8-9-18-20(10-14)32-19(11-17(26)22(32)31-18)16-6-4-5-7-21(16)33-24(27)28/h4-10,12-13,17,19,24H,11H2,1-3H3/t17-,19-/m1/s1. The van der Waals surface area contributed by atoms with Crippen molar-refractivity contribution in [2.24, 2.45) is 0 Å². The minimum Gasteiger partial charge on any atom is -0.434 e. The third-order valence-corrected chi connectivity index (χ3v) is 5.89. The van der Waals surface area contributed by atoms with E-state index in [4.69, 9.17) is 4.74 Å². The van der Waals surface area contributed by atoms with E-state index in [2.05, 4.69) is 15.0 Å². The molecule has 2 aromatic heterocycles. The molecule has 0 amide bonds. The van der Waals surface area contributed by atoms with Gasteiger partial charge in [-0.05, 0) is 23.8 Å². The Morgan fingerprint density at radius 3 is 2.45 bits per heavy atom. The van der Waals surface area contributed by atoms with E-state index in [1.54, 1.807) is 35.2 Å². The fourth-order valence-corrected chi connectivity index (χ4v) is 4.34. The topological polar surface area (TPSA) is 52.8 Å². The lowest BCUT2D eigenvalue weighted by molar-refractivity contribution is -0.0507. The van der Waals surface area contributed by atoms with Crippen LogP contribution in [0.1, 0.15) is 56.6 Å². The van der Waals surface area contributed by atoms with Crippen LogP contribution in [0.2, 0.25) is 0 Å². The third-order valence-electron chi connectivity index (χ3n) is 5.89. The van der Waals surface area contributed by atoms with Crippen LogP contribution in [0.5, 0.6) is 5.75 Å². The lowest BCUT2D eigenvalue weighted by atomic mass is 9.95. The number of alkyl halides is 3. The Morgan fingerprint density at radius 1 is 1.03 bits per heavy atom. The molecule has 0 unspecified atom stereocenters. The summed E-state index contributed by atoms with van der Waals surface area (Å²) in [4.78, 5) is 13.5. The predicted molar refractivity (Wildman–Crippen MR) is 119 cm³/mol. The summed E-state index contributed by atoms with van der Waals surface area (Å²) in [5, 5.41) is 0. The second-order valence-electron chi connectivity index (χ2n) is 9.22. The number of benzene rings is 2. The summed E-state index contributed by atoms with van der Waals surface area (Å²) >= 11 is 0. The van der Waals surface area contributed by atoms with Crippen molar-refractivity contribution in [3.8, 4) is 16.9 Å². The third kappa shape index (κ3) is 3.83. The van der Waals surface area contributed by atoms with Crippen LogP contribution in [-0.4, -0.2) is 26.1 Å². The Hall–Kier alpha value is -3.42. The van der Waals surface area contributed by atoms with Gasteiger partial charge in [-0.3, -0.25) is 0 Å². The Kier molecular flexibility index (Phi) is 5.11. The summed E-state index contributed by atoms with van der Waals surface area (Å²) in [7, 11) is 0. The van der Waals surface area contributed by atoms with Crippen LogP contribution in [0.4, 0.5) is 13.2 Å². The highest BCUT2D eigenvalue weighted by Crippen LogP contribution is 2.45. The van der Waals surface area contributed by atoms with Gasteiger partial charge in [0.2, 0.25) is 0 Å². The summed E-state index contributed by atoms with van der Waals surface area (Å²) in [6, 6.07) is 11.7. The van der Waals surface area contributed by atoms with E-state index in [0.717, 1.165) is 22.5 Å². The number of hydrogen-bond acceptors (Lipinski definition) is 4. The molecule has 0 N–H and O–H groups in total. The average Bonchev–Trinajstić information content (AvgIpc) is 3.30. The number of para-hydroxylation sites is 1. The van der Waals surface area contributed by atoms with E-state index >= 15 is 0 Å². The Bertz CT molecular complexity index is 1310. The maximum atomic E-state index is 15.0. The highest BCUT2D eigenvalue weighted by atomic mass is 19.3. The quantitative estimate of drug-likeness (QED) is 0.360. The zero-order valence-electron chi connectivity index (χ0n) is 18.5. The number of rotatable bonds is 4. The van der Waals surface area contributed by atoms with Crippen molar-refractivity contribution >= 4 is 11.0 Å². The summed E-state index contributed by atoms with van der Waals surface area (Å²) in [6.07, 6.45) is 2.35. The van der Waals surface area contributed by atoms with Gasteiger partial charge < -0.3 is 9.30 Å². The van der Waals surface area contributed by atoms with Crippen molar-refractivity contribution in [2.75, 3.05) is 0 Å². The van der Waals surface area contributed by atoms with E-state index in [0.29, 0.717) is 16.9 Å². The van der Waals surface area contributed by atoms with Gasteiger partial charge in [0.1, 0.15) is 17.4 Å². The maximum absolute atomic E-state index is 15.0. The first kappa shape index (κ1) is 21.4. The number of ether oxygens (including phenoxy) is 1. The van der Waals surface area contributed by atoms with Gasteiger partial charge in [-0.15, -0.1) is 0 Å². The van der Waals surface area contributed by atoms with E-state index < -0.39 is 18.8 Å². The normalized spacial score (nSPS) is 18.2. The second kappa shape index (κ2) is 7.86. The molecule has 0 radical (unpaired) electrons. The first-order chi connectivity index (χ1) is 15.7. The smallest absolute Gasteiger partial charge is 0.387 e. The van der Waals surface area contributed by atoms with Crippen molar-refractivity contribution in [1.29, 1.82) is 0 Å². The molecule has 2 aromatic carbocycles. The number of imidazole rings is 1. The van der Waals surface area contributed by atoms with E-state index in [1.807, 2.05) is 39.0 Å². The lowest BCUT2D eigenvalue weighted by Gasteiger charge is -2.19. The molecule has 1 aliphatic heterocycles. The summed E-state index contributed by atoms with van der Waals surface area (Å²) < 4.78 is 47.4. The molecule has 8 heteroatoms. The summed E-state index contributed by atoms with van der Waals surface area (Å²) in [5.74, 6) is 1.08. The highest BCUT2D eigenvalue weighted by Gasteiger charge is 2.36. The molecular weight excluding hydrogens is 429 g/mol. The summed E-state index contributed by atoms with van der Waals surface area (Å²) in [5.41, 5.74) is 3.39. The van der Waals surface area contributed by atoms with Crippen molar-refractivity contribution < 1.29 is 17.9 Å². The number of hydrogen-bond donors (Lipinski definition) is 0. The van der Waals surface area contributed by atoms with Crippen LogP contribution in [0.3, 0.4) is 0 Å². The van der Waals surface area contributed by atoms with Gasteiger partial charge in [0.15, 0.2) is 6.17 Å². The minimum atomic E-state index is -2.96. The maximum Gasteiger partial charge on any atom is 0.387 e. The fourth-order valence-electron chi connectivity index (χ4n) is 4.34. The van der Waals surface area contributed by atoms with Crippen LogP contribution in [-0.2, 0) is 5.41 Å². The molecule has 0 bridgehead atoms. The van der Waals surface area contributed by atoms with Gasteiger partial charge in [-0.1, -0.05) is 45.0 Å². The molecule has 0 saturated heterocycles. The lowest BCUT2D eigenvalue weighted by Crippen LogP contribution is -2.15. The zero-order chi connectivity index (χ0) is 23.3. The molecule has 0 aliphatic carbocycles. The Morgan fingerprint density at radius 2 is 1.76 bits per heavy atom. The first-order valence-electron chi connectivity index (χ1n) is 10.7. The van der Waals surface area contributed by atoms with Crippen molar-refractivity contribution in [2.45, 2.75) is 51.4 Å². The highest BCUT2D eigenvalue weighted by molar-refractivity contribution is 5.83. The van der Waals surface area contributed by atoms with E-state index in [9.17, 15) is 13.2 Å². The molecule has 5 rings (SSSR count). The zero-order valence-corrected chi connectivity index (χ0v) is 18.5. The average molecular weight is 452 g/mol. The van der Waals surface area contributed by atoms with Crippen LogP contribution in [0.15, 0.2) is 54.9 Å². The molecule has 0 spiro atoms. The largest absolute Gasteiger partial charge is 0.434 e. The van der Waals surface area contributed by atoms with Crippen molar-refractivity contribution in [1.82, 2.24) is 19.5 Å². The van der Waals surface area contributed by atoms with Gasteiger partial charge in [0, 0.05) is 35.4 Å². The van der Waals surface area contributed by atoms with Gasteiger partial charge >= 0.3 is 6.61 Å². The van der Waals surface area contributed by atoms with E-state index in [1.165, 1.54) is 6.07 Å². The Balaban J connectivity index is 1.60. The van der Waals surface area contributed by atoms with Gasteiger partial charge in [-0.2, -0.15) is 8.78 Å². The molecular formula is C25H23F3N4O. The number of fused-ring (bicyclic) bond motifs is 3. The van der Waals surface area contributed by atoms with Crippen LogP contribution >= 0.6 is 0 Å². The molecule has 4 aromatic rings. The molecule has 5 nitrogen and oxygen atoms in total. The first-order valence-corrected chi connectivity index (χ1v) is 10.7. The van der Waals surface area contributed by atoms with Gasteiger partial charge in [0.25, 0.3) is 0 Å². The van der Waals surface area contributed by atoms with Gasteiger partial charge in [-0.25, -0.2) is 19.3 Å². The second-order valence-corrected chi connectivity index (χ2v) is 9.22. The van der Waals surface area contributed by atoms with Crippen LogP contribution in [0.25, 0.3) is 22.2 Å². The summed E-state index contributed by atoms with van der Waals surface area (Å²) in [6.45, 7) is 3.18. The molecule has 0 saturated carbocycles. The minimum absolute atomic E-state index is 0.0433. The van der Waals surface area contributed by atoms with E-state index in [-0.39, 0.29) is 17.6 Å². The molecule has 0 fully saturated rings. The number of aromatic nitrogens is 4. The molecule has 170 valence electrons. The Labute approximate surface area is 189 Å². The number of nitrogens with zero attached hydrogens (tertiary/aromatic N) is 4. The van der Waals surface area contributed by atoms with Gasteiger partial charge in [0.05, 0.1) is 17.1 Å². The predicted octanol–water partition coefficient (Wildman–Crippen LogP) is 6.40. The molecule has 2 atom stereocenters. The van der Waals surface area contributed by atoms with Crippen molar-refractivity contribution in [3.05, 3.63) is 72.1 Å². The molecule has 1 aliphatic rings. The van der Waals surface area contributed by atoms with Crippen molar-refractivity contribution in [3.63, 3.8) is 0 Å². The fraction of sp³-hybridized carbons (Fsp3) is 0.320. The molecule has 33 heavy (non-hydrogen) atoms. The van der Waals surface area contributed by atoms with Crippen LogP contribution in [0, 0.1) is 0 Å². The number of halogens is 3. The van der Waals surface area contributed by atoms with Crippen LogP contribution < -0.4 is 4.74 Å². The molecule has 3 heterocycles.